The Hall–Kier alpha value is -3.18. The van der Waals surface area contributed by atoms with E-state index in [0.29, 0.717) is 17.7 Å². The Morgan fingerprint density at radius 3 is 2.00 bits per heavy atom. The van der Waals surface area contributed by atoms with Gasteiger partial charge in [-0.05, 0) is 41.8 Å². The fourth-order valence-electron chi connectivity index (χ4n) is 3.42. The van der Waals surface area contributed by atoms with Crippen molar-refractivity contribution in [1.82, 2.24) is 4.90 Å². The van der Waals surface area contributed by atoms with Gasteiger partial charge in [0.25, 0.3) is 11.8 Å². The number of nitrogens with zero attached hydrogens (tertiary/aromatic N) is 1. The Kier molecular flexibility index (Phi) is 7.23. The number of rotatable bonds is 8. The fraction of sp³-hybridized carbons (Fsp3) is 0.280. The van der Waals surface area contributed by atoms with Crippen LogP contribution >= 0.6 is 9.24 Å². The zero-order valence-electron chi connectivity index (χ0n) is 18.7. The third-order valence-corrected chi connectivity index (χ3v) is 5.29. The van der Waals surface area contributed by atoms with Crippen LogP contribution in [-0.2, 0) is 4.79 Å². The van der Waals surface area contributed by atoms with Gasteiger partial charge in [-0.2, -0.15) is 0 Å². The largest absolute Gasteiger partial charge is 0.489 e. The lowest BCUT2D eigenvalue weighted by molar-refractivity contribution is -0.109. The van der Waals surface area contributed by atoms with E-state index in [2.05, 4.69) is 0 Å². The second-order valence-corrected chi connectivity index (χ2v) is 9.52. The Bertz CT molecular complexity index is 1110. The van der Waals surface area contributed by atoms with Crippen molar-refractivity contribution in [2.45, 2.75) is 27.2 Å². The fourth-order valence-corrected chi connectivity index (χ4v) is 3.62. The van der Waals surface area contributed by atoms with Crippen molar-refractivity contribution < 1.29 is 28.3 Å². The zero-order valence-corrected chi connectivity index (χ0v) is 19.8. The highest BCUT2D eigenvalue weighted by Crippen LogP contribution is 2.26. The van der Waals surface area contributed by atoms with Gasteiger partial charge in [-0.25, -0.2) is 4.39 Å². The number of hydrogen-bond donors (Lipinski definition) is 0. The quantitative estimate of drug-likeness (QED) is 0.244. The maximum Gasteiger partial charge on any atom is 0.261 e. The molecule has 1 unspecified atom stereocenters. The van der Waals surface area contributed by atoms with Gasteiger partial charge in [0.15, 0.2) is 11.6 Å². The third kappa shape index (κ3) is 5.79. The van der Waals surface area contributed by atoms with E-state index in [9.17, 15) is 23.6 Å². The van der Waals surface area contributed by atoms with Crippen LogP contribution in [-0.4, -0.2) is 41.2 Å². The summed E-state index contributed by atoms with van der Waals surface area (Å²) in [5.41, 5.74) is -0.193. The lowest BCUT2D eigenvalue weighted by Crippen LogP contribution is -2.33. The molecule has 0 radical (unpaired) electrons. The number of hydrogen-bond acceptors (Lipinski definition) is 5. The van der Waals surface area contributed by atoms with Crippen molar-refractivity contribution in [2.24, 2.45) is 5.41 Å². The summed E-state index contributed by atoms with van der Waals surface area (Å²) in [6.45, 7) is 5.17. The van der Waals surface area contributed by atoms with Gasteiger partial charge in [-0.15, -0.1) is 0 Å². The summed E-state index contributed by atoms with van der Waals surface area (Å²) in [5.74, 6) is -1.85. The van der Waals surface area contributed by atoms with Crippen molar-refractivity contribution in [3.05, 3.63) is 76.6 Å². The van der Waals surface area contributed by atoms with E-state index in [1.165, 1.54) is 12.1 Å². The molecule has 1 heterocycles. The molecule has 0 saturated carbocycles. The van der Waals surface area contributed by atoms with Gasteiger partial charge in [0, 0.05) is 17.6 Å². The molecule has 2 aromatic carbocycles. The summed E-state index contributed by atoms with van der Waals surface area (Å²) in [7, 11) is 1.73. The molecule has 0 bridgehead atoms. The Morgan fingerprint density at radius 1 is 0.970 bits per heavy atom. The molecule has 6 nitrogen and oxygen atoms in total. The van der Waals surface area contributed by atoms with Gasteiger partial charge < -0.3 is 4.74 Å². The number of ketones is 1. The first-order chi connectivity index (χ1) is 15.5. The van der Waals surface area contributed by atoms with Crippen LogP contribution in [0.1, 0.15) is 58.3 Å². The predicted molar refractivity (Wildman–Crippen MR) is 125 cm³/mol. The van der Waals surface area contributed by atoms with Gasteiger partial charge in [0.05, 0.1) is 17.7 Å². The van der Waals surface area contributed by atoms with Crippen molar-refractivity contribution in [3.63, 3.8) is 0 Å². The molecule has 1 atom stereocenters. The first-order valence-electron chi connectivity index (χ1n) is 10.4. The zero-order chi connectivity index (χ0) is 24.3. The number of ether oxygens (including phenoxy) is 1. The molecular weight excluding hydrogens is 444 g/mol. The predicted octanol–water partition coefficient (Wildman–Crippen LogP) is 4.61. The molecule has 0 spiro atoms. The third-order valence-electron chi connectivity index (χ3n) is 5.03. The van der Waals surface area contributed by atoms with E-state index in [1.54, 1.807) is 45.6 Å². The van der Waals surface area contributed by atoms with Gasteiger partial charge in [0.2, 0.25) is 5.52 Å². The molecule has 172 valence electrons. The number of amides is 2. The van der Waals surface area contributed by atoms with Crippen LogP contribution in [0.3, 0.4) is 0 Å². The van der Waals surface area contributed by atoms with E-state index in [-0.39, 0.29) is 34.5 Å². The Balaban J connectivity index is 1.73. The molecule has 0 N–H and O–H groups in total. The minimum atomic E-state index is -1.09. The number of carbonyl (C=O) groups excluding carboxylic acids is 4. The highest BCUT2D eigenvalue weighted by atomic mass is 31.0. The minimum absolute atomic E-state index is 0.0000850. The standard InChI is InChI=1S/C25H25FNO5P/c1-25(2,3)12-20(28)15-8-10-17(11-9-15)32-14-16(21(26)24(31)33)13-27-22(29)18-6-4-5-7-19(18)23(27)30/h4-11H,12-14,33H2,1-3H3/b21-16+. The summed E-state index contributed by atoms with van der Waals surface area (Å²) in [5, 5.41) is 0. The van der Waals surface area contributed by atoms with Gasteiger partial charge >= 0.3 is 0 Å². The maximum atomic E-state index is 14.6. The van der Waals surface area contributed by atoms with E-state index in [1.807, 2.05) is 20.8 Å². The van der Waals surface area contributed by atoms with E-state index in [0.717, 1.165) is 4.90 Å². The van der Waals surface area contributed by atoms with Gasteiger partial charge in [-0.1, -0.05) is 42.1 Å². The SMILES string of the molecule is CC(C)(C)CC(=O)c1ccc(OC/C(CN2C(=O)c3ccccc3C2=O)=C(/F)C(=O)P)cc1. The number of allylic oxidation sites excluding steroid dienone is 1. The van der Waals surface area contributed by atoms with Crippen molar-refractivity contribution in [1.29, 1.82) is 0 Å². The average Bonchev–Trinajstić information content (AvgIpc) is 3.00. The number of carbonyl (C=O) groups is 4. The minimum Gasteiger partial charge on any atom is -0.489 e. The number of Topliss-reactive ketones (excluding diaryl/α,β-unsaturated/α-hetero) is 1. The van der Waals surface area contributed by atoms with E-state index < -0.39 is 29.7 Å². The molecule has 8 heteroatoms. The Labute approximate surface area is 194 Å². The highest BCUT2D eigenvalue weighted by molar-refractivity contribution is 7.41. The number of fused-ring (bicyclic) bond motifs is 1. The van der Waals surface area contributed by atoms with Crippen LogP contribution < -0.4 is 4.74 Å². The molecule has 0 aliphatic carbocycles. The second-order valence-electron chi connectivity index (χ2n) is 9.00. The van der Waals surface area contributed by atoms with Gasteiger partial charge in [0.1, 0.15) is 12.4 Å². The first-order valence-corrected chi connectivity index (χ1v) is 10.9. The van der Waals surface area contributed by atoms with Crippen molar-refractivity contribution in [3.8, 4) is 5.75 Å². The Morgan fingerprint density at radius 2 is 1.52 bits per heavy atom. The molecule has 1 aliphatic rings. The van der Waals surface area contributed by atoms with Gasteiger partial charge in [-0.3, -0.25) is 24.1 Å². The molecule has 1 aliphatic heterocycles. The molecule has 3 rings (SSSR count). The molecule has 0 aromatic heterocycles. The monoisotopic (exact) mass is 469 g/mol. The second kappa shape index (κ2) is 9.75. The summed E-state index contributed by atoms with van der Waals surface area (Å²) in [6.07, 6.45) is 0.391. The lowest BCUT2D eigenvalue weighted by atomic mass is 9.88. The summed E-state index contributed by atoms with van der Waals surface area (Å²) >= 11 is 0. The topological polar surface area (TPSA) is 80.8 Å². The van der Waals surface area contributed by atoms with Crippen LogP contribution in [0.5, 0.6) is 5.75 Å². The number of imide groups is 1. The van der Waals surface area contributed by atoms with Crippen LogP contribution in [0.25, 0.3) is 0 Å². The number of benzene rings is 2. The normalized spacial score (nSPS) is 14.2. The smallest absolute Gasteiger partial charge is 0.261 e. The summed E-state index contributed by atoms with van der Waals surface area (Å²) < 4.78 is 20.2. The molecule has 2 amide bonds. The highest BCUT2D eigenvalue weighted by Gasteiger charge is 2.36. The molecule has 0 fully saturated rings. The van der Waals surface area contributed by atoms with Crippen molar-refractivity contribution in [2.75, 3.05) is 13.2 Å². The van der Waals surface area contributed by atoms with Crippen molar-refractivity contribution >= 4 is 32.4 Å². The molecular formula is C25H25FNO5P. The first kappa shape index (κ1) is 24.5. The molecule has 33 heavy (non-hydrogen) atoms. The summed E-state index contributed by atoms with van der Waals surface area (Å²) in [6, 6.07) is 12.7. The molecule has 2 aromatic rings. The number of halogens is 1. The molecule has 0 saturated heterocycles. The van der Waals surface area contributed by atoms with Crippen LogP contribution in [0, 0.1) is 5.41 Å². The average molecular weight is 469 g/mol. The van der Waals surface area contributed by atoms with E-state index >= 15 is 0 Å². The van der Waals surface area contributed by atoms with Crippen LogP contribution in [0.15, 0.2) is 59.9 Å². The van der Waals surface area contributed by atoms with E-state index in [4.69, 9.17) is 4.74 Å². The lowest BCUT2D eigenvalue weighted by Gasteiger charge is -2.18. The van der Waals surface area contributed by atoms with Crippen LogP contribution in [0.4, 0.5) is 4.39 Å². The maximum absolute atomic E-state index is 14.6. The summed E-state index contributed by atoms with van der Waals surface area (Å²) in [4.78, 5) is 50.1. The van der Waals surface area contributed by atoms with Crippen LogP contribution in [0.2, 0.25) is 0 Å².